The summed E-state index contributed by atoms with van der Waals surface area (Å²) in [7, 11) is -4.48. The average Bonchev–Trinajstić information content (AvgIpc) is 2.75. The van der Waals surface area contributed by atoms with Gasteiger partial charge in [0.1, 0.15) is 18.8 Å². The van der Waals surface area contributed by atoms with Crippen molar-refractivity contribution in [2.24, 2.45) is 0 Å². The normalized spacial score (nSPS) is 15.4. The number of aliphatic hydroxyl groups is 3. The zero-order valence-corrected chi connectivity index (χ0v) is 19.8. The largest absolute Gasteiger partial charge is 0.472 e. The van der Waals surface area contributed by atoms with Crippen LogP contribution in [0.2, 0.25) is 0 Å². The number of carbonyl (C=O) groups is 1. The van der Waals surface area contributed by atoms with Crippen LogP contribution in [0.15, 0.2) is 0 Å². The summed E-state index contributed by atoms with van der Waals surface area (Å²) in [5, 5.41) is 27.3. The maximum absolute atomic E-state index is 11.7. The Morgan fingerprint density at radius 2 is 1.23 bits per heavy atom. The molecule has 0 fully saturated rings. The molecule has 0 spiro atoms. The lowest BCUT2D eigenvalue weighted by Crippen LogP contribution is -2.24. The Morgan fingerprint density at radius 3 is 1.71 bits per heavy atom. The number of ether oxygens (including phenoxy) is 1. The van der Waals surface area contributed by atoms with E-state index in [1.165, 1.54) is 57.8 Å². The second-order valence-corrected chi connectivity index (χ2v) is 9.33. The first-order valence-corrected chi connectivity index (χ1v) is 13.0. The Hall–Kier alpha value is -0.540. The van der Waals surface area contributed by atoms with Crippen molar-refractivity contribution in [1.29, 1.82) is 0 Å². The van der Waals surface area contributed by atoms with Gasteiger partial charge in [-0.3, -0.25) is 13.8 Å². The van der Waals surface area contributed by atoms with Gasteiger partial charge in [-0.25, -0.2) is 4.57 Å². The number of hydrogen-bond donors (Lipinski definition) is 4. The van der Waals surface area contributed by atoms with Gasteiger partial charge in [0.05, 0.1) is 19.8 Å². The summed E-state index contributed by atoms with van der Waals surface area (Å²) in [5.74, 6) is -0.430. The highest BCUT2D eigenvalue weighted by molar-refractivity contribution is 7.47. The van der Waals surface area contributed by atoms with E-state index in [1.807, 2.05) is 0 Å². The summed E-state index contributed by atoms with van der Waals surface area (Å²) >= 11 is 0. The van der Waals surface area contributed by atoms with Crippen molar-refractivity contribution in [3.8, 4) is 0 Å². The predicted molar refractivity (Wildman–Crippen MR) is 117 cm³/mol. The molecule has 0 aromatic rings. The van der Waals surface area contributed by atoms with Crippen molar-refractivity contribution in [1.82, 2.24) is 0 Å². The number of phosphoric acid groups is 1. The van der Waals surface area contributed by atoms with Crippen LogP contribution in [0.4, 0.5) is 0 Å². The number of aliphatic hydroxyl groups excluding tert-OH is 3. The molecule has 9 nitrogen and oxygen atoms in total. The van der Waals surface area contributed by atoms with Crippen LogP contribution in [0, 0.1) is 0 Å². The van der Waals surface area contributed by atoms with Crippen LogP contribution in [0.5, 0.6) is 0 Å². The molecule has 0 rings (SSSR count). The minimum absolute atomic E-state index is 0.270. The quantitative estimate of drug-likeness (QED) is 0.106. The highest BCUT2D eigenvalue weighted by Crippen LogP contribution is 2.43. The molecule has 186 valence electrons. The molecule has 0 bridgehead atoms. The molecule has 0 aliphatic carbocycles. The second-order valence-electron chi connectivity index (χ2n) is 7.87. The van der Waals surface area contributed by atoms with E-state index in [2.05, 4.69) is 16.0 Å². The molecule has 0 amide bonds. The smallest absolute Gasteiger partial charge is 0.463 e. The van der Waals surface area contributed by atoms with Crippen LogP contribution in [-0.2, 0) is 23.1 Å². The van der Waals surface area contributed by atoms with Crippen molar-refractivity contribution in [3.63, 3.8) is 0 Å². The maximum Gasteiger partial charge on any atom is 0.472 e. The molecule has 1 unspecified atom stereocenters. The third-order valence-corrected chi connectivity index (χ3v) is 5.69. The van der Waals surface area contributed by atoms with E-state index in [0.29, 0.717) is 0 Å². The standard InChI is InChI=1S/C21H43O9P/c1-2-3-4-5-6-7-8-9-10-11-12-13-14-21(25)28-16-20(24)18-30-31(26,27)29-17-19(23)15-22/h19-20,22-24H,2-18H2,1H3,(H,26,27)/t19-,20+/m0/s1. The molecule has 0 radical (unpaired) electrons. The number of hydrogen-bond acceptors (Lipinski definition) is 8. The molecule has 3 atom stereocenters. The van der Waals surface area contributed by atoms with Crippen molar-refractivity contribution in [2.75, 3.05) is 26.4 Å². The summed E-state index contributed by atoms with van der Waals surface area (Å²) in [4.78, 5) is 21.0. The van der Waals surface area contributed by atoms with Crippen molar-refractivity contribution < 1.29 is 43.4 Å². The minimum Gasteiger partial charge on any atom is -0.463 e. The first kappa shape index (κ1) is 30.5. The van der Waals surface area contributed by atoms with Gasteiger partial charge in [0.2, 0.25) is 0 Å². The molecule has 31 heavy (non-hydrogen) atoms. The highest BCUT2D eigenvalue weighted by Gasteiger charge is 2.24. The fourth-order valence-electron chi connectivity index (χ4n) is 2.87. The lowest BCUT2D eigenvalue weighted by molar-refractivity contribution is -0.147. The number of esters is 1. The monoisotopic (exact) mass is 470 g/mol. The van der Waals surface area contributed by atoms with Crippen molar-refractivity contribution in [2.45, 2.75) is 103 Å². The molecular weight excluding hydrogens is 427 g/mol. The Bertz CT molecular complexity index is 476. The summed E-state index contributed by atoms with van der Waals surface area (Å²) in [5.41, 5.74) is 0. The van der Waals surface area contributed by atoms with Crippen LogP contribution in [0.1, 0.15) is 90.4 Å². The van der Waals surface area contributed by atoms with Gasteiger partial charge in [-0.2, -0.15) is 0 Å². The van der Waals surface area contributed by atoms with Crippen LogP contribution in [-0.4, -0.2) is 64.8 Å². The predicted octanol–water partition coefficient (Wildman–Crippen LogP) is 3.47. The number of unbranched alkanes of at least 4 members (excludes halogenated alkanes) is 11. The molecule has 10 heteroatoms. The average molecular weight is 471 g/mol. The first-order chi connectivity index (χ1) is 14.8. The summed E-state index contributed by atoms with van der Waals surface area (Å²) in [6.45, 7) is 0.0846. The lowest BCUT2D eigenvalue weighted by atomic mass is 10.0. The van der Waals surface area contributed by atoms with E-state index in [-0.39, 0.29) is 13.0 Å². The van der Waals surface area contributed by atoms with Crippen LogP contribution < -0.4 is 0 Å². The van der Waals surface area contributed by atoms with Crippen molar-refractivity contribution in [3.05, 3.63) is 0 Å². The number of carbonyl (C=O) groups excluding carboxylic acids is 1. The summed E-state index contributed by atoms with van der Waals surface area (Å²) < 4.78 is 25.4. The van der Waals surface area contributed by atoms with Gasteiger partial charge >= 0.3 is 13.8 Å². The Balaban J connectivity index is 3.57. The van der Waals surface area contributed by atoms with Gasteiger partial charge in [-0.1, -0.05) is 77.6 Å². The Labute approximate surface area is 186 Å². The van der Waals surface area contributed by atoms with Gasteiger partial charge < -0.3 is 24.9 Å². The summed E-state index contributed by atoms with van der Waals surface area (Å²) in [6.07, 6.45) is 12.1. The van der Waals surface area contributed by atoms with Gasteiger partial charge in [-0.15, -0.1) is 0 Å². The van der Waals surface area contributed by atoms with Gasteiger partial charge in [-0.05, 0) is 6.42 Å². The van der Waals surface area contributed by atoms with E-state index in [9.17, 15) is 19.4 Å². The molecule has 0 saturated heterocycles. The lowest BCUT2D eigenvalue weighted by Gasteiger charge is -2.16. The molecule has 4 N–H and O–H groups in total. The van der Waals surface area contributed by atoms with Crippen LogP contribution >= 0.6 is 7.82 Å². The van der Waals surface area contributed by atoms with Gasteiger partial charge in [0.25, 0.3) is 0 Å². The van der Waals surface area contributed by atoms with E-state index >= 15 is 0 Å². The highest BCUT2D eigenvalue weighted by atomic mass is 31.2. The molecule has 0 aromatic carbocycles. The molecular formula is C21H43O9P. The fraction of sp³-hybridized carbons (Fsp3) is 0.952. The first-order valence-electron chi connectivity index (χ1n) is 11.5. The molecule has 0 aliphatic rings. The van der Waals surface area contributed by atoms with E-state index in [0.717, 1.165) is 19.3 Å². The second kappa shape index (κ2) is 20.1. The number of phosphoric ester groups is 1. The molecule has 0 aliphatic heterocycles. The van der Waals surface area contributed by atoms with E-state index < -0.39 is 45.8 Å². The summed E-state index contributed by atoms with van der Waals surface area (Å²) in [6, 6.07) is 0. The third-order valence-electron chi connectivity index (χ3n) is 4.74. The minimum atomic E-state index is -4.48. The van der Waals surface area contributed by atoms with Crippen molar-refractivity contribution >= 4 is 13.8 Å². The van der Waals surface area contributed by atoms with Gasteiger partial charge in [0.15, 0.2) is 0 Å². The zero-order chi connectivity index (χ0) is 23.4. The van der Waals surface area contributed by atoms with E-state index in [4.69, 9.17) is 14.9 Å². The number of rotatable bonds is 22. The SMILES string of the molecule is CCCCCCCCCCCCCCC(=O)OC[C@@H](O)COP(=O)(O)OC[C@@H](O)CO. The zero-order valence-electron chi connectivity index (χ0n) is 19.0. The fourth-order valence-corrected chi connectivity index (χ4v) is 3.67. The van der Waals surface area contributed by atoms with Gasteiger partial charge in [0, 0.05) is 6.42 Å². The Kier molecular flexibility index (Phi) is 19.7. The Morgan fingerprint density at radius 1 is 0.774 bits per heavy atom. The van der Waals surface area contributed by atoms with E-state index in [1.54, 1.807) is 0 Å². The topological polar surface area (TPSA) is 143 Å². The maximum atomic E-state index is 11.7. The molecule has 0 heterocycles. The van der Waals surface area contributed by atoms with Crippen LogP contribution in [0.3, 0.4) is 0 Å². The molecule has 0 saturated carbocycles. The third kappa shape index (κ3) is 21.1. The van der Waals surface area contributed by atoms with Crippen LogP contribution in [0.25, 0.3) is 0 Å². The molecule has 0 aromatic heterocycles.